The van der Waals surface area contributed by atoms with Crippen LogP contribution in [0.3, 0.4) is 0 Å². The molecule has 0 unspecified atom stereocenters. The number of rotatable bonds is 11. The molecule has 2 fully saturated rings. The van der Waals surface area contributed by atoms with Gasteiger partial charge in [0.15, 0.2) is 0 Å². The van der Waals surface area contributed by atoms with E-state index in [1.165, 1.54) is 0 Å². The third kappa shape index (κ3) is 5.60. The number of anilines is 1. The number of aryl methyl sites for hydroxylation is 1. The summed E-state index contributed by atoms with van der Waals surface area (Å²) in [5, 5.41) is 13.2. The Morgan fingerprint density at radius 1 is 1.08 bits per heavy atom. The maximum atomic E-state index is 13.7. The van der Waals surface area contributed by atoms with E-state index in [0.717, 1.165) is 43.2 Å². The van der Waals surface area contributed by atoms with Crippen molar-refractivity contribution in [1.82, 2.24) is 20.4 Å². The van der Waals surface area contributed by atoms with Gasteiger partial charge in [-0.25, -0.2) is 4.39 Å². The average molecular weight is 525 g/mol. The molecule has 3 amide bonds. The van der Waals surface area contributed by atoms with E-state index in [2.05, 4.69) is 21.0 Å². The Kier molecular flexibility index (Phi) is 7.52. The van der Waals surface area contributed by atoms with Gasteiger partial charge in [-0.05, 0) is 99.5 Å². The van der Waals surface area contributed by atoms with Gasteiger partial charge in [-0.3, -0.25) is 19.1 Å². The number of nitrogens with one attached hydrogen (secondary N) is 3. The van der Waals surface area contributed by atoms with E-state index in [9.17, 15) is 18.8 Å². The molecule has 0 spiro atoms. The topological polar surface area (TPSA) is 131 Å². The first-order valence-electron chi connectivity index (χ1n) is 13.7. The Morgan fingerprint density at radius 2 is 1.79 bits per heavy atom. The molecule has 2 aromatic rings. The summed E-state index contributed by atoms with van der Waals surface area (Å²) in [6, 6.07) is 5.29. The molecule has 1 aromatic heterocycles. The molecule has 2 saturated carbocycles. The molecule has 5 rings (SSSR count). The zero-order valence-corrected chi connectivity index (χ0v) is 22.0. The minimum atomic E-state index is -1.17. The number of hydrogen-bond donors (Lipinski definition) is 4. The van der Waals surface area contributed by atoms with E-state index < -0.39 is 24.7 Å². The number of fused-ring (bicyclic) bond motifs is 1. The predicted octanol–water partition coefficient (Wildman–Crippen LogP) is 3.04. The number of carbonyl (C=O) groups excluding carboxylic acids is 3. The van der Waals surface area contributed by atoms with Crippen molar-refractivity contribution in [3.63, 3.8) is 0 Å². The van der Waals surface area contributed by atoms with E-state index in [1.807, 2.05) is 32.0 Å². The minimum Gasteiger partial charge on any atom is -0.348 e. The van der Waals surface area contributed by atoms with Crippen LogP contribution >= 0.6 is 0 Å². The number of nitrogens with zero attached hydrogens (tertiary/aromatic N) is 2. The standard InChI is InChI=1S/C28H37FN6O3/c1-15(2)35-23(11-12-31-35)27(37)34-25(24(16-3-4-16)17-5-6-17)28(38)32-19-8-9-20-18(13-19)7-10-22(20)33-26(36)21(30)14-29/h8-9,11-13,15-17,21-22,24-25H,3-7,10,14,30H2,1-2H3,(H,32,38)(H,33,36)(H,34,37)/t21-,22-,25+/m1/s1. The lowest BCUT2D eigenvalue weighted by atomic mass is 9.88. The van der Waals surface area contributed by atoms with Crippen LogP contribution in [-0.4, -0.2) is 46.3 Å². The van der Waals surface area contributed by atoms with Gasteiger partial charge in [-0.1, -0.05) is 6.07 Å². The Morgan fingerprint density at radius 3 is 2.42 bits per heavy atom. The van der Waals surface area contributed by atoms with Crippen LogP contribution in [0.25, 0.3) is 0 Å². The molecule has 1 aromatic carbocycles. The summed E-state index contributed by atoms with van der Waals surface area (Å²) in [6.45, 7) is 3.02. The summed E-state index contributed by atoms with van der Waals surface area (Å²) in [4.78, 5) is 39.1. The number of alkyl halides is 1. The summed E-state index contributed by atoms with van der Waals surface area (Å²) in [7, 11) is 0. The molecule has 3 aliphatic carbocycles. The molecule has 0 saturated heterocycles. The third-order valence-electron chi connectivity index (χ3n) is 7.99. The summed E-state index contributed by atoms with van der Waals surface area (Å²) in [5.74, 6) is 0.00728. The minimum absolute atomic E-state index is 0.0217. The number of nitrogens with two attached hydrogens (primary N) is 1. The summed E-state index contributed by atoms with van der Waals surface area (Å²) < 4.78 is 14.4. The number of benzene rings is 1. The Hall–Kier alpha value is -3.27. The SMILES string of the molecule is CC(C)n1nccc1C(=O)N[C@H](C(=O)Nc1ccc2c(c1)CC[C@H]2NC(=O)[C@H](N)CF)C(C1CC1)C1CC1. The van der Waals surface area contributed by atoms with E-state index >= 15 is 0 Å². The summed E-state index contributed by atoms with van der Waals surface area (Å²) in [6.07, 6.45) is 7.36. The Labute approximate surface area is 222 Å². The third-order valence-corrected chi connectivity index (χ3v) is 7.99. The molecule has 204 valence electrons. The molecule has 5 N–H and O–H groups in total. The Bertz CT molecular complexity index is 1190. The van der Waals surface area contributed by atoms with Crippen LogP contribution in [0.5, 0.6) is 0 Å². The van der Waals surface area contributed by atoms with Crippen LogP contribution in [-0.2, 0) is 16.0 Å². The van der Waals surface area contributed by atoms with Crippen LogP contribution in [0.4, 0.5) is 10.1 Å². The lowest BCUT2D eigenvalue weighted by molar-refractivity contribution is -0.123. The van der Waals surface area contributed by atoms with Crippen molar-refractivity contribution in [3.05, 3.63) is 47.3 Å². The van der Waals surface area contributed by atoms with Gasteiger partial charge in [0.1, 0.15) is 24.5 Å². The van der Waals surface area contributed by atoms with Crippen molar-refractivity contribution >= 4 is 23.4 Å². The lowest BCUT2D eigenvalue weighted by Gasteiger charge is -2.28. The number of hydrogen-bond acceptors (Lipinski definition) is 5. The molecule has 3 aliphatic rings. The van der Waals surface area contributed by atoms with Gasteiger partial charge in [-0.2, -0.15) is 5.10 Å². The molecule has 0 bridgehead atoms. The van der Waals surface area contributed by atoms with Crippen LogP contribution in [0.2, 0.25) is 0 Å². The monoisotopic (exact) mass is 524 g/mol. The van der Waals surface area contributed by atoms with Crippen molar-refractivity contribution in [2.45, 2.75) is 76.5 Å². The molecule has 9 nitrogen and oxygen atoms in total. The van der Waals surface area contributed by atoms with Gasteiger partial charge in [-0.15, -0.1) is 0 Å². The second-order valence-electron chi connectivity index (χ2n) is 11.2. The molecule has 10 heteroatoms. The number of amides is 3. The van der Waals surface area contributed by atoms with Gasteiger partial charge >= 0.3 is 0 Å². The van der Waals surface area contributed by atoms with E-state index in [-0.39, 0.29) is 29.8 Å². The quantitative estimate of drug-likeness (QED) is 0.359. The fourth-order valence-corrected chi connectivity index (χ4v) is 5.76. The van der Waals surface area contributed by atoms with Gasteiger partial charge in [0, 0.05) is 17.9 Å². The van der Waals surface area contributed by atoms with Crippen LogP contribution in [0.15, 0.2) is 30.5 Å². The maximum Gasteiger partial charge on any atom is 0.270 e. The second kappa shape index (κ2) is 10.8. The highest BCUT2D eigenvalue weighted by atomic mass is 19.1. The first kappa shape index (κ1) is 26.3. The summed E-state index contributed by atoms with van der Waals surface area (Å²) in [5.41, 5.74) is 8.58. The van der Waals surface area contributed by atoms with Crippen molar-refractivity contribution in [2.24, 2.45) is 23.5 Å². The van der Waals surface area contributed by atoms with Crippen molar-refractivity contribution in [3.8, 4) is 0 Å². The second-order valence-corrected chi connectivity index (χ2v) is 11.2. The van der Waals surface area contributed by atoms with E-state index in [4.69, 9.17) is 5.73 Å². The number of halogens is 1. The van der Waals surface area contributed by atoms with Crippen molar-refractivity contribution in [2.75, 3.05) is 12.0 Å². The van der Waals surface area contributed by atoms with Crippen LogP contribution in [0.1, 0.15) is 79.7 Å². The lowest BCUT2D eigenvalue weighted by Crippen LogP contribution is -2.50. The van der Waals surface area contributed by atoms with E-state index in [1.54, 1.807) is 16.9 Å². The molecular formula is C28H37FN6O3. The van der Waals surface area contributed by atoms with Gasteiger partial charge < -0.3 is 21.7 Å². The van der Waals surface area contributed by atoms with Crippen LogP contribution < -0.4 is 21.7 Å². The summed E-state index contributed by atoms with van der Waals surface area (Å²) >= 11 is 0. The zero-order chi connectivity index (χ0) is 27.0. The van der Waals surface area contributed by atoms with Crippen molar-refractivity contribution < 1.29 is 18.8 Å². The zero-order valence-electron chi connectivity index (χ0n) is 22.0. The molecule has 1 heterocycles. The Balaban J connectivity index is 1.32. The fourth-order valence-electron chi connectivity index (χ4n) is 5.76. The van der Waals surface area contributed by atoms with Crippen LogP contribution in [0, 0.1) is 17.8 Å². The highest BCUT2D eigenvalue weighted by Gasteiger charge is 2.48. The molecule has 3 atom stereocenters. The number of carbonyl (C=O) groups is 3. The molecule has 0 aliphatic heterocycles. The molecule has 38 heavy (non-hydrogen) atoms. The first-order chi connectivity index (χ1) is 18.3. The van der Waals surface area contributed by atoms with Crippen molar-refractivity contribution in [1.29, 1.82) is 0 Å². The maximum absolute atomic E-state index is 13.7. The fraction of sp³-hybridized carbons (Fsp3) is 0.571. The predicted molar refractivity (Wildman–Crippen MR) is 141 cm³/mol. The normalized spacial score (nSPS) is 20.2. The largest absolute Gasteiger partial charge is 0.348 e. The first-order valence-corrected chi connectivity index (χ1v) is 13.7. The molecular weight excluding hydrogens is 487 g/mol. The molecule has 0 radical (unpaired) electrons. The van der Waals surface area contributed by atoms with Gasteiger partial charge in [0.2, 0.25) is 11.8 Å². The van der Waals surface area contributed by atoms with Gasteiger partial charge in [0.25, 0.3) is 5.91 Å². The highest BCUT2D eigenvalue weighted by molar-refractivity contribution is 6.01. The smallest absolute Gasteiger partial charge is 0.270 e. The highest BCUT2D eigenvalue weighted by Crippen LogP contribution is 2.51. The van der Waals surface area contributed by atoms with Gasteiger partial charge in [0.05, 0.1) is 6.04 Å². The van der Waals surface area contributed by atoms with E-state index in [0.29, 0.717) is 29.6 Å². The average Bonchev–Trinajstić information content (AvgIpc) is 3.83. The number of aromatic nitrogens is 2.